The third-order valence-electron chi connectivity index (χ3n) is 4.76. The van der Waals surface area contributed by atoms with Gasteiger partial charge in [0, 0.05) is 41.6 Å². The number of halogens is 2. The van der Waals surface area contributed by atoms with Crippen LogP contribution in [0.5, 0.6) is 0 Å². The molecular formula is C20H26ClFN4O2. The van der Waals surface area contributed by atoms with E-state index in [1.807, 2.05) is 27.7 Å². The van der Waals surface area contributed by atoms with Crippen molar-refractivity contribution in [3.63, 3.8) is 0 Å². The van der Waals surface area contributed by atoms with Crippen LogP contribution in [0.15, 0.2) is 6.07 Å². The van der Waals surface area contributed by atoms with Crippen molar-refractivity contribution in [3.05, 3.63) is 28.3 Å². The van der Waals surface area contributed by atoms with Crippen LogP contribution in [0, 0.1) is 19.7 Å². The van der Waals surface area contributed by atoms with Crippen LogP contribution in [0.3, 0.4) is 0 Å². The molecule has 1 aromatic heterocycles. The number of aryl methyl sites for hydroxylation is 1. The van der Waals surface area contributed by atoms with Gasteiger partial charge in [-0.2, -0.15) is 0 Å². The summed E-state index contributed by atoms with van der Waals surface area (Å²) in [6.45, 7) is 12.5. The van der Waals surface area contributed by atoms with Crippen molar-refractivity contribution < 1.29 is 13.9 Å². The van der Waals surface area contributed by atoms with E-state index in [0.29, 0.717) is 47.2 Å². The van der Waals surface area contributed by atoms with Crippen LogP contribution < -0.4 is 4.90 Å². The minimum absolute atomic E-state index is 0.0260. The van der Waals surface area contributed by atoms with Gasteiger partial charge in [0.1, 0.15) is 22.8 Å². The third-order valence-corrected chi connectivity index (χ3v) is 5.15. The fraction of sp³-hybridized carbons (Fsp3) is 0.550. The molecule has 0 spiro atoms. The Balaban J connectivity index is 1.93. The van der Waals surface area contributed by atoms with E-state index in [2.05, 4.69) is 14.9 Å². The summed E-state index contributed by atoms with van der Waals surface area (Å²) in [7, 11) is 0. The highest BCUT2D eigenvalue weighted by molar-refractivity contribution is 6.32. The Bertz CT molecular complexity index is 929. The monoisotopic (exact) mass is 408 g/mol. The second kappa shape index (κ2) is 7.35. The van der Waals surface area contributed by atoms with Crippen molar-refractivity contribution in [2.75, 3.05) is 24.5 Å². The molecule has 0 radical (unpaired) electrons. The normalized spacial score (nSPS) is 17.9. The lowest BCUT2D eigenvalue weighted by atomic mass is 10.1. The van der Waals surface area contributed by atoms with E-state index in [1.165, 1.54) is 0 Å². The molecule has 1 atom stereocenters. The summed E-state index contributed by atoms with van der Waals surface area (Å²) < 4.78 is 20.2. The molecule has 28 heavy (non-hydrogen) atoms. The summed E-state index contributed by atoms with van der Waals surface area (Å²) in [5, 5.41) is 0.926. The van der Waals surface area contributed by atoms with E-state index >= 15 is 0 Å². The van der Waals surface area contributed by atoms with E-state index in [9.17, 15) is 9.18 Å². The quantitative estimate of drug-likeness (QED) is 0.696. The lowest BCUT2D eigenvalue weighted by Gasteiger charge is -2.41. The standard InChI is InChI=1S/C20H26ClFN4O2/c1-11-10-25(19(27)28-20(4,5)6)7-8-26(11)18-14-9-15(21)12(2)16(22)17(14)23-13(3)24-18/h9,11H,7-8,10H2,1-6H3/t11-/m0/s1. The minimum atomic E-state index is -0.538. The molecule has 1 aliphatic heterocycles. The first-order valence-corrected chi connectivity index (χ1v) is 9.73. The number of anilines is 1. The predicted molar refractivity (Wildman–Crippen MR) is 109 cm³/mol. The Labute approximate surface area is 169 Å². The highest BCUT2D eigenvalue weighted by Crippen LogP contribution is 2.33. The van der Waals surface area contributed by atoms with Crippen LogP contribution in [0.1, 0.15) is 39.1 Å². The number of fused-ring (bicyclic) bond motifs is 1. The number of aromatic nitrogens is 2. The van der Waals surface area contributed by atoms with E-state index in [1.54, 1.807) is 24.8 Å². The zero-order chi connectivity index (χ0) is 20.8. The highest BCUT2D eigenvalue weighted by Gasteiger charge is 2.31. The number of hydrogen-bond acceptors (Lipinski definition) is 5. The zero-order valence-electron chi connectivity index (χ0n) is 17.1. The first-order chi connectivity index (χ1) is 13.0. The number of piperazine rings is 1. The van der Waals surface area contributed by atoms with Gasteiger partial charge in [-0.05, 0) is 47.6 Å². The third kappa shape index (κ3) is 3.99. The number of benzene rings is 1. The number of amides is 1. The van der Waals surface area contributed by atoms with Gasteiger partial charge in [0.05, 0.1) is 0 Å². The van der Waals surface area contributed by atoms with Crippen LogP contribution >= 0.6 is 11.6 Å². The van der Waals surface area contributed by atoms with Gasteiger partial charge in [-0.3, -0.25) is 0 Å². The molecule has 0 bridgehead atoms. The van der Waals surface area contributed by atoms with Crippen LogP contribution in [-0.2, 0) is 4.74 Å². The van der Waals surface area contributed by atoms with Crippen LogP contribution in [0.2, 0.25) is 5.02 Å². The van der Waals surface area contributed by atoms with Gasteiger partial charge in [-0.1, -0.05) is 11.6 Å². The molecule has 0 aliphatic carbocycles. The molecular weight excluding hydrogens is 383 g/mol. The lowest BCUT2D eigenvalue weighted by molar-refractivity contribution is 0.0218. The molecule has 1 aromatic carbocycles. The molecule has 1 fully saturated rings. The van der Waals surface area contributed by atoms with Crippen LogP contribution in [-0.4, -0.2) is 52.2 Å². The summed E-state index contributed by atoms with van der Waals surface area (Å²) in [6, 6.07) is 1.69. The Kier molecular flexibility index (Phi) is 5.40. The maximum atomic E-state index is 14.7. The second-order valence-electron chi connectivity index (χ2n) is 8.26. The second-order valence-corrected chi connectivity index (χ2v) is 8.66. The maximum absolute atomic E-state index is 14.7. The Morgan fingerprint density at radius 3 is 2.57 bits per heavy atom. The largest absolute Gasteiger partial charge is 0.444 e. The molecule has 3 rings (SSSR count). The molecule has 2 heterocycles. The zero-order valence-corrected chi connectivity index (χ0v) is 17.9. The van der Waals surface area contributed by atoms with Gasteiger partial charge in [0.25, 0.3) is 0 Å². The first-order valence-electron chi connectivity index (χ1n) is 9.35. The maximum Gasteiger partial charge on any atom is 0.410 e. The van der Waals surface area contributed by atoms with Gasteiger partial charge in [-0.15, -0.1) is 0 Å². The Hall–Kier alpha value is -2.15. The summed E-state index contributed by atoms with van der Waals surface area (Å²) in [5.74, 6) is 0.707. The van der Waals surface area contributed by atoms with Crippen LogP contribution in [0.25, 0.3) is 10.9 Å². The van der Waals surface area contributed by atoms with Gasteiger partial charge in [0.15, 0.2) is 5.82 Å². The van der Waals surface area contributed by atoms with E-state index in [0.717, 1.165) is 0 Å². The highest BCUT2D eigenvalue weighted by atomic mass is 35.5. The molecule has 0 N–H and O–H groups in total. The molecule has 1 saturated heterocycles. The smallest absolute Gasteiger partial charge is 0.410 e. The molecule has 0 saturated carbocycles. The first kappa shape index (κ1) is 20.6. The van der Waals surface area contributed by atoms with Crippen molar-refractivity contribution >= 4 is 34.4 Å². The topological polar surface area (TPSA) is 58.6 Å². The van der Waals surface area contributed by atoms with E-state index in [-0.39, 0.29) is 17.7 Å². The SMILES string of the molecule is Cc1nc(N2CCN(C(=O)OC(C)(C)C)C[C@@H]2C)c2cc(Cl)c(C)c(F)c2n1. The molecule has 1 amide bonds. The average Bonchev–Trinajstić information content (AvgIpc) is 2.58. The van der Waals surface area contributed by atoms with Crippen molar-refractivity contribution in [1.82, 2.24) is 14.9 Å². The van der Waals surface area contributed by atoms with Gasteiger partial charge >= 0.3 is 6.09 Å². The van der Waals surface area contributed by atoms with E-state index in [4.69, 9.17) is 16.3 Å². The van der Waals surface area contributed by atoms with Gasteiger partial charge in [0.2, 0.25) is 0 Å². The molecule has 1 aliphatic rings. The lowest BCUT2D eigenvalue weighted by Crippen LogP contribution is -2.55. The summed E-state index contributed by atoms with van der Waals surface area (Å²) >= 11 is 6.22. The number of hydrogen-bond donors (Lipinski definition) is 0. The fourth-order valence-electron chi connectivity index (χ4n) is 3.37. The number of carbonyl (C=O) groups excluding carboxylic acids is 1. The number of carbonyl (C=O) groups is 1. The van der Waals surface area contributed by atoms with Gasteiger partial charge in [-0.25, -0.2) is 19.2 Å². The number of nitrogens with zero attached hydrogens (tertiary/aromatic N) is 4. The van der Waals surface area contributed by atoms with Gasteiger partial charge < -0.3 is 14.5 Å². The van der Waals surface area contributed by atoms with Crippen molar-refractivity contribution in [2.45, 2.75) is 53.2 Å². The predicted octanol–water partition coefficient (Wildman–Crippen LogP) is 4.48. The summed E-state index contributed by atoms with van der Waals surface area (Å²) in [5.41, 5.74) is 0.107. The van der Waals surface area contributed by atoms with Crippen molar-refractivity contribution in [2.24, 2.45) is 0 Å². The average molecular weight is 409 g/mol. The van der Waals surface area contributed by atoms with Crippen molar-refractivity contribution in [1.29, 1.82) is 0 Å². The molecule has 8 heteroatoms. The molecule has 6 nitrogen and oxygen atoms in total. The molecule has 2 aromatic rings. The van der Waals surface area contributed by atoms with Crippen molar-refractivity contribution in [3.8, 4) is 0 Å². The summed E-state index contributed by atoms with van der Waals surface area (Å²) in [6.07, 6.45) is -0.326. The molecule has 0 unspecified atom stereocenters. The van der Waals surface area contributed by atoms with E-state index < -0.39 is 11.4 Å². The number of ether oxygens (including phenoxy) is 1. The Morgan fingerprint density at radius 1 is 1.29 bits per heavy atom. The van der Waals surface area contributed by atoms with Crippen LogP contribution in [0.4, 0.5) is 15.0 Å². The number of rotatable bonds is 1. The minimum Gasteiger partial charge on any atom is -0.444 e. The molecule has 152 valence electrons. The fourth-order valence-corrected chi connectivity index (χ4v) is 3.56. The Morgan fingerprint density at radius 2 is 1.96 bits per heavy atom. The summed E-state index contributed by atoms with van der Waals surface area (Å²) in [4.78, 5) is 25.0.